The summed E-state index contributed by atoms with van der Waals surface area (Å²) in [5.41, 5.74) is 4.42. The average molecular weight is 427 g/mol. The highest BCUT2D eigenvalue weighted by Crippen LogP contribution is 2.41. The third-order valence-electron chi connectivity index (χ3n) is 5.15. The zero-order valence-corrected chi connectivity index (χ0v) is 17.1. The predicted octanol–water partition coefficient (Wildman–Crippen LogP) is 4.62. The molecular formula is C23H17N5O2S. The number of carbonyl (C=O) groups is 1. The molecule has 1 saturated heterocycles. The number of nitrogens with one attached hydrogen (secondary N) is 2. The number of nitriles is 1. The third-order valence-corrected chi connectivity index (χ3v) is 6.27. The van der Waals surface area contributed by atoms with Crippen molar-refractivity contribution < 1.29 is 9.21 Å². The van der Waals surface area contributed by atoms with Crippen LogP contribution >= 0.6 is 11.3 Å². The van der Waals surface area contributed by atoms with E-state index in [1.54, 1.807) is 6.07 Å². The van der Waals surface area contributed by atoms with Crippen molar-refractivity contribution in [3.63, 3.8) is 0 Å². The van der Waals surface area contributed by atoms with Crippen molar-refractivity contribution in [3.05, 3.63) is 77.5 Å². The molecule has 0 saturated carbocycles. The molecule has 0 spiro atoms. The topological polar surface area (TPSA) is 106 Å². The Morgan fingerprint density at radius 2 is 1.90 bits per heavy atom. The molecule has 1 fully saturated rings. The lowest BCUT2D eigenvalue weighted by Gasteiger charge is -2.29. The van der Waals surface area contributed by atoms with Gasteiger partial charge in [-0.05, 0) is 24.3 Å². The first kappa shape index (κ1) is 19.0. The molecule has 5 rings (SSSR count). The number of amidine groups is 1. The number of fused-ring (bicyclic) bond motifs is 1. The second-order valence-electron chi connectivity index (χ2n) is 7.17. The van der Waals surface area contributed by atoms with Gasteiger partial charge in [0.05, 0.1) is 22.7 Å². The second kappa shape index (κ2) is 7.70. The molecule has 3 heterocycles. The van der Waals surface area contributed by atoms with Crippen LogP contribution in [-0.2, 0) is 4.79 Å². The molecule has 0 aliphatic carbocycles. The maximum Gasteiger partial charge on any atom is 0.246 e. The fraction of sp³-hybridized carbons (Fsp3) is 0.130. The Kier molecular flexibility index (Phi) is 4.73. The average Bonchev–Trinajstić information content (AvgIpc) is 3.50. The number of aromatic nitrogens is 1. The van der Waals surface area contributed by atoms with Gasteiger partial charge in [-0.2, -0.15) is 5.26 Å². The van der Waals surface area contributed by atoms with Crippen molar-refractivity contribution in [2.75, 3.05) is 0 Å². The standard InChI is InChI=1S/C23H17N5O2S/c24-13-15(23-26-16-8-4-5-9-19(16)31-23)22(28-20(25)12-21(29)27-28)18-11-10-17(30-18)14-6-2-1-3-7-14/h1-11,15,22,25H,12H2,(H,27,29)/t15-,22+/m0/s1. The van der Waals surface area contributed by atoms with E-state index in [1.165, 1.54) is 16.3 Å². The zero-order valence-electron chi connectivity index (χ0n) is 16.3. The van der Waals surface area contributed by atoms with Crippen LogP contribution in [0.5, 0.6) is 0 Å². The van der Waals surface area contributed by atoms with Crippen molar-refractivity contribution >= 4 is 33.3 Å². The number of benzene rings is 2. The number of nitrogens with zero attached hydrogens (tertiary/aromatic N) is 3. The molecule has 0 unspecified atom stereocenters. The third kappa shape index (κ3) is 3.45. The summed E-state index contributed by atoms with van der Waals surface area (Å²) >= 11 is 1.43. The van der Waals surface area contributed by atoms with Gasteiger partial charge >= 0.3 is 0 Å². The van der Waals surface area contributed by atoms with Gasteiger partial charge in [0.15, 0.2) is 0 Å². The summed E-state index contributed by atoms with van der Waals surface area (Å²) in [4.78, 5) is 16.6. The van der Waals surface area contributed by atoms with Crippen LogP contribution in [0.2, 0.25) is 0 Å². The van der Waals surface area contributed by atoms with E-state index in [2.05, 4.69) is 16.5 Å². The highest BCUT2D eigenvalue weighted by atomic mass is 32.1. The Labute approximate surface area is 182 Å². The summed E-state index contributed by atoms with van der Waals surface area (Å²) in [5.74, 6) is 0.195. The summed E-state index contributed by atoms with van der Waals surface area (Å²) in [7, 11) is 0. The lowest BCUT2D eigenvalue weighted by Crippen LogP contribution is -2.41. The lowest BCUT2D eigenvalue weighted by molar-refractivity contribution is -0.121. The fourth-order valence-electron chi connectivity index (χ4n) is 3.71. The van der Waals surface area contributed by atoms with Crippen LogP contribution in [0.15, 0.2) is 71.1 Å². The molecule has 4 aromatic rings. The van der Waals surface area contributed by atoms with Crippen LogP contribution in [-0.4, -0.2) is 21.7 Å². The monoisotopic (exact) mass is 427 g/mol. The van der Waals surface area contributed by atoms with Gasteiger partial charge in [-0.25, -0.2) is 4.98 Å². The first-order chi connectivity index (χ1) is 15.1. The molecule has 1 aliphatic heterocycles. The van der Waals surface area contributed by atoms with Gasteiger partial charge in [0.25, 0.3) is 0 Å². The Balaban J connectivity index is 1.60. The van der Waals surface area contributed by atoms with Gasteiger partial charge in [-0.3, -0.25) is 20.6 Å². The predicted molar refractivity (Wildman–Crippen MR) is 117 cm³/mol. The number of hydrogen-bond acceptors (Lipinski definition) is 6. The largest absolute Gasteiger partial charge is 0.459 e. The van der Waals surface area contributed by atoms with Crippen LogP contribution in [0.4, 0.5) is 0 Å². The molecule has 31 heavy (non-hydrogen) atoms. The molecule has 0 radical (unpaired) electrons. The van der Waals surface area contributed by atoms with Crippen molar-refractivity contribution in [1.82, 2.24) is 15.4 Å². The Hall–Kier alpha value is -3.96. The summed E-state index contributed by atoms with van der Waals surface area (Å²) in [6.07, 6.45) is -0.0409. The minimum absolute atomic E-state index is 0.0409. The highest BCUT2D eigenvalue weighted by molar-refractivity contribution is 7.18. The minimum Gasteiger partial charge on any atom is -0.459 e. The lowest BCUT2D eigenvalue weighted by atomic mass is 9.99. The van der Waals surface area contributed by atoms with Crippen LogP contribution < -0.4 is 5.43 Å². The van der Waals surface area contributed by atoms with E-state index in [1.807, 2.05) is 60.7 Å². The number of para-hydroxylation sites is 1. The molecular weight excluding hydrogens is 410 g/mol. The molecule has 0 bridgehead atoms. The van der Waals surface area contributed by atoms with E-state index in [0.29, 0.717) is 16.5 Å². The quantitative estimate of drug-likeness (QED) is 0.483. The van der Waals surface area contributed by atoms with E-state index in [4.69, 9.17) is 9.83 Å². The van der Waals surface area contributed by atoms with Crippen LogP contribution in [0.25, 0.3) is 21.5 Å². The van der Waals surface area contributed by atoms with E-state index in [9.17, 15) is 10.1 Å². The Morgan fingerprint density at radius 1 is 1.13 bits per heavy atom. The van der Waals surface area contributed by atoms with Gasteiger partial charge in [-0.1, -0.05) is 42.5 Å². The maximum atomic E-state index is 12.0. The molecule has 1 aliphatic rings. The number of hydrazine groups is 1. The van der Waals surface area contributed by atoms with Crippen LogP contribution in [0, 0.1) is 16.7 Å². The van der Waals surface area contributed by atoms with Gasteiger partial charge in [0.2, 0.25) is 5.91 Å². The number of amides is 1. The van der Waals surface area contributed by atoms with Crippen molar-refractivity contribution in [2.45, 2.75) is 18.4 Å². The molecule has 2 N–H and O–H groups in total. The molecule has 1 amide bonds. The minimum atomic E-state index is -0.745. The smallest absolute Gasteiger partial charge is 0.246 e. The summed E-state index contributed by atoms with van der Waals surface area (Å²) in [6, 6.07) is 22.6. The number of rotatable bonds is 5. The van der Waals surface area contributed by atoms with Gasteiger partial charge in [-0.15, -0.1) is 11.3 Å². The van der Waals surface area contributed by atoms with Crippen molar-refractivity contribution in [1.29, 1.82) is 10.7 Å². The summed E-state index contributed by atoms with van der Waals surface area (Å²) in [6.45, 7) is 0. The number of hydrogen-bond donors (Lipinski definition) is 2. The Morgan fingerprint density at radius 3 is 2.61 bits per heavy atom. The molecule has 2 aromatic heterocycles. The molecule has 2 atom stereocenters. The molecule has 2 aromatic carbocycles. The number of carbonyl (C=O) groups excluding carboxylic acids is 1. The van der Waals surface area contributed by atoms with Crippen LogP contribution in [0.1, 0.15) is 29.1 Å². The maximum absolute atomic E-state index is 12.0. The van der Waals surface area contributed by atoms with E-state index >= 15 is 0 Å². The summed E-state index contributed by atoms with van der Waals surface area (Å²) in [5, 5.41) is 20.5. The Bertz CT molecular complexity index is 1290. The molecule has 152 valence electrons. The van der Waals surface area contributed by atoms with Gasteiger partial charge in [0, 0.05) is 5.56 Å². The van der Waals surface area contributed by atoms with Crippen molar-refractivity contribution in [2.24, 2.45) is 0 Å². The van der Waals surface area contributed by atoms with Gasteiger partial charge < -0.3 is 4.42 Å². The molecule has 8 heteroatoms. The van der Waals surface area contributed by atoms with Gasteiger partial charge in [0.1, 0.15) is 34.3 Å². The number of furan rings is 1. The SMILES string of the molecule is N#C[C@H](c1nc2ccccc2s1)[C@H](c1ccc(-c2ccccc2)o1)N1NC(=O)CC1=N. The van der Waals surface area contributed by atoms with E-state index in [-0.39, 0.29) is 18.2 Å². The normalized spacial score (nSPS) is 15.6. The number of thiazole rings is 1. The second-order valence-corrected chi connectivity index (χ2v) is 8.23. The van der Waals surface area contributed by atoms with E-state index < -0.39 is 12.0 Å². The zero-order chi connectivity index (χ0) is 21.4. The first-order valence-corrected chi connectivity index (χ1v) is 10.5. The van der Waals surface area contributed by atoms with Crippen LogP contribution in [0.3, 0.4) is 0 Å². The first-order valence-electron chi connectivity index (χ1n) is 9.70. The summed E-state index contributed by atoms with van der Waals surface area (Å²) < 4.78 is 7.12. The van der Waals surface area contributed by atoms with E-state index in [0.717, 1.165) is 15.8 Å². The van der Waals surface area contributed by atoms with Crippen molar-refractivity contribution in [3.8, 4) is 17.4 Å². The fourth-order valence-corrected chi connectivity index (χ4v) is 4.75. The highest BCUT2D eigenvalue weighted by Gasteiger charge is 2.40. The molecule has 7 nitrogen and oxygen atoms in total.